The molecule has 0 aromatic heterocycles. The van der Waals surface area contributed by atoms with Crippen LogP contribution in [0.25, 0.3) is 0 Å². The molecule has 3 N–H and O–H groups in total. The summed E-state index contributed by atoms with van der Waals surface area (Å²) in [4.78, 5) is 0. The van der Waals surface area contributed by atoms with Crippen LogP contribution in [-0.4, -0.2) is 19.6 Å². The molecule has 0 aliphatic carbocycles. The molecule has 90 valence electrons. The number of nitrogens with two attached hydrogens (primary N) is 1. The lowest BCUT2D eigenvalue weighted by Gasteiger charge is -2.11. The average Bonchev–Trinajstić information content (AvgIpc) is 2.25. The van der Waals surface area contributed by atoms with Gasteiger partial charge < -0.3 is 11.1 Å². The van der Waals surface area contributed by atoms with E-state index in [2.05, 4.69) is 43.4 Å². The Labute approximate surface area is 99.2 Å². The molecule has 1 atom stereocenters. The maximum Gasteiger partial charge on any atom is -0.000824 e. The van der Waals surface area contributed by atoms with Crippen molar-refractivity contribution in [3.63, 3.8) is 0 Å². The van der Waals surface area contributed by atoms with Crippen molar-refractivity contribution in [2.75, 3.05) is 19.6 Å². The molecule has 1 aromatic rings. The van der Waals surface area contributed by atoms with Gasteiger partial charge in [-0.25, -0.2) is 0 Å². The zero-order valence-corrected chi connectivity index (χ0v) is 10.5. The topological polar surface area (TPSA) is 38.0 Å². The Morgan fingerprint density at radius 3 is 2.88 bits per heavy atom. The minimum Gasteiger partial charge on any atom is -0.330 e. The Morgan fingerprint density at radius 1 is 1.38 bits per heavy atom. The van der Waals surface area contributed by atoms with E-state index in [9.17, 15) is 0 Å². The fraction of sp³-hybridized carbons (Fsp3) is 0.571. The zero-order valence-electron chi connectivity index (χ0n) is 10.5. The maximum atomic E-state index is 5.51. The summed E-state index contributed by atoms with van der Waals surface area (Å²) in [5.74, 6) is 0.683. The van der Waals surface area contributed by atoms with E-state index in [-0.39, 0.29) is 0 Å². The van der Waals surface area contributed by atoms with Gasteiger partial charge >= 0.3 is 0 Å². The third-order valence-electron chi connectivity index (χ3n) is 2.83. The quantitative estimate of drug-likeness (QED) is 0.691. The summed E-state index contributed by atoms with van der Waals surface area (Å²) in [6.07, 6.45) is 2.22. The lowest BCUT2D eigenvalue weighted by molar-refractivity contribution is 0.489. The first kappa shape index (κ1) is 13.2. The molecule has 0 heterocycles. The van der Waals surface area contributed by atoms with Gasteiger partial charge in [0.15, 0.2) is 0 Å². The van der Waals surface area contributed by atoms with Gasteiger partial charge in [0, 0.05) is 0 Å². The number of hydrogen-bond donors (Lipinski definition) is 2. The second-order valence-electron chi connectivity index (χ2n) is 4.63. The molecule has 0 spiro atoms. The predicted octanol–water partition coefficient (Wildman–Crippen LogP) is 2.11. The van der Waals surface area contributed by atoms with Gasteiger partial charge in [0.05, 0.1) is 0 Å². The molecular formula is C14H24N2. The monoisotopic (exact) mass is 220 g/mol. The van der Waals surface area contributed by atoms with Gasteiger partial charge in [-0.3, -0.25) is 0 Å². The largest absolute Gasteiger partial charge is 0.330 e. The maximum absolute atomic E-state index is 5.51. The molecule has 0 saturated carbocycles. The van der Waals surface area contributed by atoms with Crippen molar-refractivity contribution in [3.05, 3.63) is 35.4 Å². The van der Waals surface area contributed by atoms with E-state index >= 15 is 0 Å². The van der Waals surface area contributed by atoms with Gasteiger partial charge in [-0.15, -0.1) is 0 Å². The molecule has 1 rings (SSSR count). The highest BCUT2D eigenvalue weighted by molar-refractivity contribution is 5.22. The normalized spacial score (nSPS) is 12.7. The van der Waals surface area contributed by atoms with Gasteiger partial charge in [-0.1, -0.05) is 36.8 Å². The molecule has 0 fully saturated rings. The van der Waals surface area contributed by atoms with Crippen molar-refractivity contribution in [1.29, 1.82) is 0 Å². The van der Waals surface area contributed by atoms with Gasteiger partial charge in [0.25, 0.3) is 0 Å². The number of benzene rings is 1. The van der Waals surface area contributed by atoms with Crippen molar-refractivity contribution in [2.45, 2.75) is 26.7 Å². The molecule has 0 bridgehead atoms. The molecule has 16 heavy (non-hydrogen) atoms. The zero-order chi connectivity index (χ0) is 11.8. The van der Waals surface area contributed by atoms with Crippen LogP contribution >= 0.6 is 0 Å². The smallest absolute Gasteiger partial charge is 0.000824 e. The molecule has 0 amide bonds. The van der Waals surface area contributed by atoms with Crippen molar-refractivity contribution in [2.24, 2.45) is 11.7 Å². The highest BCUT2D eigenvalue weighted by Gasteiger charge is 1.99. The minimum absolute atomic E-state index is 0.683. The second kappa shape index (κ2) is 7.42. The van der Waals surface area contributed by atoms with Crippen LogP contribution in [0.1, 0.15) is 24.5 Å². The summed E-state index contributed by atoms with van der Waals surface area (Å²) in [7, 11) is 0. The van der Waals surface area contributed by atoms with E-state index in [1.807, 2.05) is 0 Å². The van der Waals surface area contributed by atoms with Crippen LogP contribution in [0.2, 0.25) is 0 Å². The van der Waals surface area contributed by atoms with E-state index in [1.54, 1.807) is 0 Å². The number of hydrogen-bond acceptors (Lipinski definition) is 2. The van der Waals surface area contributed by atoms with Crippen molar-refractivity contribution in [1.82, 2.24) is 5.32 Å². The molecule has 0 aliphatic heterocycles. The molecule has 2 heteroatoms. The standard InChI is InChI=1S/C14H24N2/c1-12-4-3-5-14(10-12)7-9-16-11-13(2)6-8-15/h3-5,10,13,16H,6-9,11,15H2,1-2H3. The first-order valence-corrected chi connectivity index (χ1v) is 6.18. The van der Waals surface area contributed by atoms with Gasteiger partial charge in [-0.05, 0) is 50.9 Å². The molecule has 1 aromatic carbocycles. The summed E-state index contributed by atoms with van der Waals surface area (Å²) in [6.45, 7) is 7.30. The highest BCUT2D eigenvalue weighted by atomic mass is 14.8. The van der Waals surface area contributed by atoms with Gasteiger partial charge in [0.1, 0.15) is 0 Å². The third kappa shape index (κ3) is 5.29. The van der Waals surface area contributed by atoms with E-state index < -0.39 is 0 Å². The predicted molar refractivity (Wildman–Crippen MR) is 70.6 cm³/mol. The van der Waals surface area contributed by atoms with E-state index in [4.69, 9.17) is 5.73 Å². The van der Waals surface area contributed by atoms with E-state index in [1.165, 1.54) is 11.1 Å². The Hall–Kier alpha value is -0.860. The molecule has 0 saturated heterocycles. The molecule has 2 nitrogen and oxygen atoms in total. The lowest BCUT2D eigenvalue weighted by atomic mass is 10.1. The molecule has 0 aliphatic rings. The Bertz CT molecular complexity index is 297. The summed E-state index contributed by atoms with van der Waals surface area (Å²) < 4.78 is 0. The van der Waals surface area contributed by atoms with Gasteiger partial charge in [-0.2, -0.15) is 0 Å². The van der Waals surface area contributed by atoms with Crippen LogP contribution in [-0.2, 0) is 6.42 Å². The first-order valence-electron chi connectivity index (χ1n) is 6.18. The van der Waals surface area contributed by atoms with E-state index in [0.29, 0.717) is 5.92 Å². The summed E-state index contributed by atoms with van der Waals surface area (Å²) in [5, 5.41) is 3.48. The third-order valence-corrected chi connectivity index (χ3v) is 2.83. The van der Waals surface area contributed by atoms with Gasteiger partial charge in [0.2, 0.25) is 0 Å². The highest BCUT2D eigenvalue weighted by Crippen LogP contribution is 2.04. The molecule has 1 unspecified atom stereocenters. The number of nitrogens with one attached hydrogen (secondary N) is 1. The fourth-order valence-electron chi connectivity index (χ4n) is 1.84. The Balaban J connectivity index is 2.16. The van der Waals surface area contributed by atoms with Crippen LogP contribution in [0, 0.1) is 12.8 Å². The lowest BCUT2D eigenvalue weighted by Crippen LogP contribution is -2.24. The summed E-state index contributed by atoms with van der Waals surface area (Å²) >= 11 is 0. The van der Waals surface area contributed by atoms with Crippen LogP contribution in [0.5, 0.6) is 0 Å². The first-order chi connectivity index (χ1) is 7.72. The van der Waals surface area contributed by atoms with Crippen LogP contribution < -0.4 is 11.1 Å². The molecule has 0 radical (unpaired) electrons. The second-order valence-corrected chi connectivity index (χ2v) is 4.63. The van der Waals surface area contributed by atoms with Crippen LogP contribution in [0.3, 0.4) is 0 Å². The van der Waals surface area contributed by atoms with Crippen molar-refractivity contribution in [3.8, 4) is 0 Å². The average molecular weight is 220 g/mol. The van der Waals surface area contributed by atoms with Crippen LogP contribution in [0.15, 0.2) is 24.3 Å². The molecular weight excluding hydrogens is 196 g/mol. The summed E-state index contributed by atoms with van der Waals surface area (Å²) in [5.41, 5.74) is 8.27. The van der Waals surface area contributed by atoms with Crippen molar-refractivity contribution >= 4 is 0 Å². The SMILES string of the molecule is Cc1cccc(CCNCC(C)CCN)c1. The Kier molecular flexibility index (Phi) is 6.12. The Morgan fingerprint density at radius 2 is 2.19 bits per heavy atom. The van der Waals surface area contributed by atoms with E-state index in [0.717, 1.165) is 32.5 Å². The number of rotatable bonds is 7. The minimum atomic E-state index is 0.683. The summed E-state index contributed by atoms with van der Waals surface area (Å²) in [6, 6.07) is 8.71. The van der Waals surface area contributed by atoms with Crippen LogP contribution in [0.4, 0.5) is 0 Å². The fourth-order valence-corrected chi connectivity index (χ4v) is 1.84. The van der Waals surface area contributed by atoms with Crippen molar-refractivity contribution < 1.29 is 0 Å². The number of aryl methyl sites for hydroxylation is 1.